The fourth-order valence-electron chi connectivity index (χ4n) is 7.67. The smallest absolute Gasteiger partial charge is 0.311 e. The van der Waals surface area contributed by atoms with Crippen LogP contribution in [0.25, 0.3) is 0 Å². The van der Waals surface area contributed by atoms with Crippen LogP contribution in [-0.2, 0) is 19.1 Å². The average Bonchev–Trinajstić information content (AvgIpc) is 3.26. The number of benzene rings is 2. The van der Waals surface area contributed by atoms with Crippen LogP contribution in [0.4, 0.5) is 0 Å². The first kappa shape index (κ1) is 54.4. The number of carbonyl (C=O) groups excluding carboxylic acids is 3. The van der Waals surface area contributed by atoms with Gasteiger partial charge in [-0.25, -0.2) is 0 Å². The van der Waals surface area contributed by atoms with Gasteiger partial charge in [0.25, 0.3) is 0 Å². The number of hydrogen-bond donors (Lipinski definition) is 0. The van der Waals surface area contributed by atoms with Gasteiger partial charge in [0.1, 0.15) is 17.6 Å². The summed E-state index contributed by atoms with van der Waals surface area (Å²) in [6, 6.07) is 18.6. The topological polar surface area (TPSA) is 82.1 Å². The third kappa shape index (κ3) is 34.8. The van der Waals surface area contributed by atoms with E-state index in [0.717, 1.165) is 77.2 Å². The Morgan fingerprint density at radius 2 is 0.742 bits per heavy atom. The fraction of sp³-hybridized carbons (Fsp3) is 0.655. The maximum Gasteiger partial charge on any atom is 0.311 e. The second kappa shape index (κ2) is 40.1. The fourth-order valence-corrected chi connectivity index (χ4v) is 7.67. The van der Waals surface area contributed by atoms with Gasteiger partial charge in [-0.3, -0.25) is 14.4 Å². The molecule has 0 saturated heterocycles. The van der Waals surface area contributed by atoms with E-state index < -0.39 is 0 Å². The number of hydrogen-bond acceptors (Lipinski definition) is 7. The Balaban J connectivity index is 1.40. The monoisotopic (exact) mass is 858 g/mol. The zero-order valence-electron chi connectivity index (χ0n) is 39.4. The number of carbonyl (C=O) groups is 3. The van der Waals surface area contributed by atoms with Crippen molar-refractivity contribution in [2.24, 2.45) is 0 Å². The van der Waals surface area contributed by atoms with Gasteiger partial charge in [0, 0.05) is 19.3 Å². The minimum absolute atomic E-state index is 0.0188. The normalized spacial score (nSPS) is 12.0. The Kier molecular flexibility index (Phi) is 35.2. The molecule has 348 valence electrons. The third-order valence-electron chi connectivity index (χ3n) is 11.4. The molecule has 0 unspecified atom stereocenters. The van der Waals surface area contributed by atoms with Gasteiger partial charge in [-0.05, 0) is 141 Å². The Hall–Kier alpha value is -3.71. The number of para-hydroxylation sites is 2. The lowest BCUT2D eigenvalue weighted by Gasteiger charge is -2.18. The highest BCUT2D eigenvalue weighted by molar-refractivity contribution is 5.72. The van der Waals surface area contributed by atoms with Crippen molar-refractivity contribution in [2.75, 3.05) is 20.6 Å². The van der Waals surface area contributed by atoms with Gasteiger partial charge in [0.15, 0.2) is 0 Å². The molecule has 0 aliphatic heterocycles. The lowest BCUT2D eigenvalue weighted by atomic mass is 10.0. The number of allylic oxidation sites excluding steroid dienone is 4. The molecule has 0 N–H and O–H groups in total. The summed E-state index contributed by atoms with van der Waals surface area (Å²) in [6.07, 6.45) is 44.7. The molecule has 0 aliphatic rings. The number of esters is 3. The van der Waals surface area contributed by atoms with Gasteiger partial charge in [0.05, 0.1) is 0 Å². The van der Waals surface area contributed by atoms with Crippen LogP contribution in [-0.4, -0.2) is 49.6 Å². The maximum absolute atomic E-state index is 12.6. The zero-order valence-corrected chi connectivity index (χ0v) is 39.4. The van der Waals surface area contributed by atoms with E-state index in [1.54, 1.807) is 0 Å². The highest BCUT2D eigenvalue weighted by atomic mass is 16.5. The van der Waals surface area contributed by atoms with E-state index in [1.807, 2.05) is 74.8 Å². The molecule has 0 atom stereocenters. The first-order valence-corrected chi connectivity index (χ1v) is 25.1. The molecule has 0 amide bonds. The van der Waals surface area contributed by atoms with Crippen LogP contribution in [0.2, 0.25) is 0 Å². The molecule has 2 aromatic rings. The molecule has 62 heavy (non-hydrogen) atoms. The Labute approximate surface area is 378 Å². The summed E-state index contributed by atoms with van der Waals surface area (Å²) in [6.45, 7) is 0.918. The minimum atomic E-state index is -0.134. The van der Waals surface area contributed by atoms with E-state index in [9.17, 15) is 14.4 Å². The van der Waals surface area contributed by atoms with Crippen molar-refractivity contribution in [3.05, 3.63) is 85.0 Å². The molecule has 0 aliphatic carbocycles. The third-order valence-corrected chi connectivity index (χ3v) is 11.4. The largest absolute Gasteiger partial charge is 0.462 e. The highest BCUT2D eigenvalue weighted by Gasteiger charge is 2.14. The molecule has 0 fully saturated rings. The molecule has 7 heteroatoms. The molecule has 0 radical (unpaired) electrons. The van der Waals surface area contributed by atoms with E-state index >= 15 is 0 Å². The van der Waals surface area contributed by atoms with Gasteiger partial charge in [-0.15, -0.1) is 0 Å². The van der Waals surface area contributed by atoms with Gasteiger partial charge in [-0.2, -0.15) is 0 Å². The van der Waals surface area contributed by atoms with Gasteiger partial charge in [-0.1, -0.05) is 151 Å². The SMILES string of the molecule is CN(C)CCCC(=O)OC(CCCCCCCCC=CCCCCCCCC(=O)Oc1ccccc1)CCCCCCCCC=CCCCCCCCC(=O)Oc1ccccc1. The van der Waals surface area contributed by atoms with E-state index in [-0.39, 0.29) is 24.0 Å². The van der Waals surface area contributed by atoms with Gasteiger partial charge in [0.2, 0.25) is 0 Å². The molecule has 2 rings (SSSR count). The Bertz CT molecular complexity index is 1310. The molecule has 0 saturated carbocycles. The molecular weight excluding hydrogens is 771 g/mol. The van der Waals surface area contributed by atoms with Crippen LogP contribution in [0.5, 0.6) is 11.5 Å². The van der Waals surface area contributed by atoms with E-state index in [4.69, 9.17) is 14.2 Å². The number of ether oxygens (including phenoxy) is 3. The summed E-state index contributed by atoms with van der Waals surface area (Å²) < 4.78 is 16.7. The van der Waals surface area contributed by atoms with Crippen molar-refractivity contribution in [1.82, 2.24) is 4.90 Å². The van der Waals surface area contributed by atoms with Crippen LogP contribution in [0, 0.1) is 0 Å². The molecule has 0 spiro atoms. The summed E-state index contributed by atoms with van der Waals surface area (Å²) >= 11 is 0. The predicted molar refractivity (Wildman–Crippen MR) is 259 cm³/mol. The van der Waals surface area contributed by atoms with Gasteiger partial charge >= 0.3 is 17.9 Å². The molecule has 2 aromatic carbocycles. The summed E-state index contributed by atoms with van der Waals surface area (Å²) in [5.41, 5.74) is 0. The second-order valence-corrected chi connectivity index (χ2v) is 17.5. The number of unbranched alkanes of at least 4 members (excludes halogenated alkanes) is 22. The number of nitrogens with zero attached hydrogens (tertiary/aromatic N) is 1. The van der Waals surface area contributed by atoms with Crippen molar-refractivity contribution < 1.29 is 28.6 Å². The maximum atomic E-state index is 12.6. The van der Waals surface area contributed by atoms with Crippen molar-refractivity contribution >= 4 is 17.9 Å². The number of rotatable bonds is 41. The van der Waals surface area contributed by atoms with Crippen molar-refractivity contribution in [1.29, 1.82) is 0 Å². The Morgan fingerprint density at radius 1 is 0.419 bits per heavy atom. The molecule has 0 heterocycles. The first-order chi connectivity index (χ1) is 30.4. The predicted octanol–water partition coefficient (Wildman–Crippen LogP) is 15.3. The minimum Gasteiger partial charge on any atom is -0.462 e. The van der Waals surface area contributed by atoms with Crippen LogP contribution in [0.3, 0.4) is 0 Å². The first-order valence-electron chi connectivity index (χ1n) is 25.1. The van der Waals surface area contributed by atoms with Crippen molar-refractivity contribution in [3.63, 3.8) is 0 Å². The quantitative estimate of drug-likeness (QED) is 0.0285. The standard InChI is InChI=1S/C55H87NO6/c1-56(2)49-39-48-55(59)62-50(40-31-25-21-17-13-9-5-3-7-11-15-19-23-27-37-46-53(57)60-51-42-33-29-34-43-51)41-32-26-22-18-14-10-6-4-8-12-16-20-24-28-38-47-54(58)61-52-44-35-30-36-45-52/h3-4,7-8,29-30,33-36,42-45,50H,5-6,9-28,31-32,37-41,46-49H2,1-2H3. The summed E-state index contributed by atoms with van der Waals surface area (Å²) in [5.74, 6) is 0.972. The van der Waals surface area contributed by atoms with Gasteiger partial charge < -0.3 is 19.1 Å². The van der Waals surface area contributed by atoms with E-state index in [1.165, 1.54) is 116 Å². The van der Waals surface area contributed by atoms with Crippen LogP contribution in [0.1, 0.15) is 205 Å². The lowest BCUT2D eigenvalue weighted by molar-refractivity contribution is -0.150. The van der Waals surface area contributed by atoms with Crippen molar-refractivity contribution in [2.45, 2.75) is 212 Å². The van der Waals surface area contributed by atoms with Crippen LogP contribution in [0.15, 0.2) is 85.0 Å². The molecular formula is C55H87NO6. The Morgan fingerprint density at radius 3 is 1.11 bits per heavy atom. The second-order valence-electron chi connectivity index (χ2n) is 17.5. The molecule has 0 bridgehead atoms. The lowest BCUT2D eigenvalue weighted by Crippen LogP contribution is -2.20. The van der Waals surface area contributed by atoms with Crippen LogP contribution >= 0.6 is 0 Å². The van der Waals surface area contributed by atoms with E-state index in [2.05, 4.69) is 29.2 Å². The van der Waals surface area contributed by atoms with Crippen molar-refractivity contribution in [3.8, 4) is 11.5 Å². The van der Waals surface area contributed by atoms with E-state index in [0.29, 0.717) is 30.8 Å². The van der Waals surface area contributed by atoms with Crippen LogP contribution < -0.4 is 9.47 Å². The molecule has 7 nitrogen and oxygen atoms in total. The summed E-state index contributed by atoms with van der Waals surface area (Å²) in [4.78, 5) is 38.6. The average molecular weight is 858 g/mol. The summed E-state index contributed by atoms with van der Waals surface area (Å²) in [5, 5.41) is 0. The molecule has 0 aromatic heterocycles. The zero-order chi connectivity index (χ0) is 44.4. The highest BCUT2D eigenvalue weighted by Crippen LogP contribution is 2.19. The summed E-state index contributed by atoms with van der Waals surface area (Å²) in [7, 11) is 4.10.